The van der Waals surface area contributed by atoms with Gasteiger partial charge in [-0.1, -0.05) is 152 Å². The van der Waals surface area contributed by atoms with Crippen molar-refractivity contribution in [3.63, 3.8) is 0 Å². The van der Waals surface area contributed by atoms with E-state index in [0.717, 1.165) is 12.0 Å². The first-order chi connectivity index (χ1) is 21.3. The minimum Gasteiger partial charge on any atom is -0.0911 e. The zero-order chi connectivity index (χ0) is 28.8. The van der Waals surface area contributed by atoms with Crippen molar-refractivity contribution in [2.75, 3.05) is 0 Å². The Bertz CT molecular complexity index is 2430. The Labute approximate surface area is 251 Å². The lowest BCUT2D eigenvalue weighted by molar-refractivity contribution is 1.33. The largest absolute Gasteiger partial charge is 0.0911 e. The van der Waals surface area contributed by atoms with E-state index in [1.807, 2.05) is 0 Å². The third-order valence-corrected chi connectivity index (χ3v) is 8.84. The van der Waals surface area contributed by atoms with E-state index in [1.165, 1.54) is 75.8 Å². The van der Waals surface area contributed by atoms with Crippen molar-refractivity contribution in [1.29, 1.82) is 0 Å². The maximum Gasteiger partial charge on any atom is -0.00322 e. The van der Waals surface area contributed by atoms with E-state index >= 15 is 0 Å². The molecule has 0 N–H and O–H groups in total. The molecule has 0 aromatic heterocycles. The second-order valence-electron chi connectivity index (χ2n) is 11.3. The van der Waals surface area contributed by atoms with Crippen molar-refractivity contribution in [1.82, 2.24) is 0 Å². The Morgan fingerprint density at radius 2 is 0.930 bits per heavy atom. The van der Waals surface area contributed by atoms with E-state index in [1.54, 1.807) is 0 Å². The molecule has 0 saturated carbocycles. The molecular formula is C43H30. The summed E-state index contributed by atoms with van der Waals surface area (Å²) in [6.07, 6.45) is 9.55. The molecule has 7 aromatic rings. The van der Waals surface area contributed by atoms with Gasteiger partial charge in [-0.05, 0) is 99.9 Å². The van der Waals surface area contributed by atoms with Crippen LogP contribution in [0.25, 0.3) is 54.2 Å². The van der Waals surface area contributed by atoms with Gasteiger partial charge in [0.25, 0.3) is 0 Å². The van der Waals surface area contributed by atoms with Crippen molar-refractivity contribution in [2.24, 2.45) is 0 Å². The van der Waals surface area contributed by atoms with E-state index in [2.05, 4.69) is 164 Å². The van der Waals surface area contributed by atoms with E-state index < -0.39 is 0 Å². The van der Waals surface area contributed by atoms with Gasteiger partial charge >= 0.3 is 0 Å². The fourth-order valence-electron chi connectivity index (χ4n) is 6.90. The van der Waals surface area contributed by atoms with Crippen molar-refractivity contribution in [2.45, 2.75) is 6.42 Å². The molecule has 1 aliphatic rings. The van der Waals surface area contributed by atoms with Crippen LogP contribution in [0.1, 0.15) is 17.5 Å². The predicted molar refractivity (Wildman–Crippen MR) is 186 cm³/mol. The van der Waals surface area contributed by atoms with E-state index in [0.29, 0.717) is 0 Å². The summed E-state index contributed by atoms with van der Waals surface area (Å²) < 4.78 is 0. The summed E-state index contributed by atoms with van der Waals surface area (Å²) in [6, 6.07) is 48.7. The molecule has 8 rings (SSSR count). The maximum absolute atomic E-state index is 4.65. The van der Waals surface area contributed by atoms with Gasteiger partial charge < -0.3 is 0 Å². The number of benzene rings is 7. The molecule has 7 aromatic carbocycles. The molecule has 0 heteroatoms. The molecule has 0 amide bonds. The highest BCUT2D eigenvalue weighted by molar-refractivity contribution is 6.14. The highest BCUT2D eigenvalue weighted by Crippen LogP contribution is 2.35. The molecule has 0 unspecified atom stereocenters. The fraction of sp³-hybridized carbons (Fsp3) is 0.0233. The minimum absolute atomic E-state index is 0.821. The molecule has 0 saturated heterocycles. The van der Waals surface area contributed by atoms with Crippen molar-refractivity contribution < 1.29 is 0 Å². The number of hydrogen-bond acceptors (Lipinski definition) is 0. The molecule has 0 aliphatic heterocycles. The Morgan fingerprint density at radius 1 is 0.442 bits per heavy atom. The van der Waals surface area contributed by atoms with Gasteiger partial charge in [0.2, 0.25) is 0 Å². The molecule has 1 aliphatic carbocycles. The Balaban J connectivity index is 1.58. The highest BCUT2D eigenvalue weighted by Gasteiger charge is 2.16. The zero-order valence-corrected chi connectivity index (χ0v) is 23.9. The van der Waals surface area contributed by atoms with Gasteiger partial charge in [-0.2, -0.15) is 0 Å². The van der Waals surface area contributed by atoms with Crippen LogP contribution in [-0.4, -0.2) is 0 Å². The molecule has 43 heavy (non-hydrogen) atoms. The molecule has 0 atom stereocenters. The summed E-state index contributed by atoms with van der Waals surface area (Å²) in [5.41, 5.74) is 5.99. The molecule has 202 valence electrons. The number of allylic oxidation sites excluding steroid dienone is 5. The van der Waals surface area contributed by atoms with Crippen LogP contribution in [0.5, 0.6) is 0 Å². The second-order valence-corrected chi connectivity index (χ2v) is 11.3. The monoisotopic (exact) mass is 546 g/mol. The summed E-state index contributed by atoms with van der Waals surface area (Å²) >= 11 is 0. The van der Waals surface area contributed by atoms with Crippen LogP contribution in [0.4, 0.5) is 0 Å². The normalized spacial score (nSPS) is 13.7. The highest BCUT2D eigenvalue weighted by atomic mass is 14.2. The molecule has 0 bridgehead atoms. The van der Waals surface area contributed by atoms with E-state index in [4.69, 9.17) is 0 Å². The Morgan fingerprint density at radius 3 is 1.58 bits per heavy atom. The van der Waals surface area contributed by atoms with Gasteiger partial charge in [-0.15, -0.1) is 0 Å². The third-order valence-electron chi connectivity index (χ3n) is 8.84. The topological polar surface area (TPSA) is 0 Å². The summed E-state index contributed by atoms with van der Waals surface area (Å²) in [4.78, 5) is 0. The third kappa shape index (κ3) is 4.23. The standard InChI is InChI=1S/C43H30/c1-29-15-3-2-4-20-38(41-27-30-16-5-7-18-32(30)34-21-9-11-24-37(34)41)36-23-13-14-26-40(36)43(29)42-28-31-17-6-8-19-33(31)35-22-10-12-25-39(35)42/h2-19,21-28H,1,20H2. The SMILES string of the molecule is C=C1C=CC=CCC(c2cc3ccccc3c3ccccc23)=c2ccccc2=C1c1cc2ccccc2c2ccccc12. The number of rotatable bonds is 2. The minimum atomic E-state index is 0.821. The van der Waals surface area contributed by atoms with Gasteiger partial charge in [0.1, 0.15) is 0 Å². The first kappa shape index (κ1) is 25.3. The first-order valence-corrected chi connectivity index (χ1v) is 14.9. The zero-order valence-electron chi connectivity index (χ0n) is 23.9. The van der Waals surface area contributed by atoms with Gasteiger partial charge in [0.15, 0.2) is 0 Å². The fourth-order valence-corrected chi connectivity index (χ4v) is 6.90. The van der Waals surface area contributed by atoms with Crippen LogP contribution in [0.3, 0.4) is 0 Å². The summed E-state index contributed by atoms with van der Waals surface area (Å²) in [7, 11) is 0. The average molecular weight is 547 g/mol. The average Bonchev–Trinajstić information content (AvgIpc) is 3.06. The molecule has 0 heterocycles. The predicted octanol–water partition coefficient (Wildman–Crippen LogP) is 9.77. The van der Waals surface area contributed by atoms with Crippen LogP contribution in [0.15, 0.2) is 170 Å². The van der Waals surface area contributed by atoms with Crippen molar-refractivity contribution in [3.05, 3.63) is 191 Å². The smallest absolute Gasteiger partial charge is 0.00322 e. The second kappa shape index (κ2) is 10.4. The quantitative estimate of drug-likeness (QED) is 0.189. The van der Waals surface area contributed by atoms with Crippen LogP contribution in [0.2, 0.25) is 0 Å². The van der Waals surface area contributed by atoms with Gasteiger partial charge in [0, 0.05) is 0 Å². The van der Waals surface area contributed by atoms with Crippen LogP contribution in [-0.2, 0) is 0 Å². The lowest BCUT2D eigenvalue weighted by Crippen LogP contribution is -2.30. The van der Waals surface area contributed by atoms with Crippen molar-refractivity contribution >= 4 is 54.2 Å². The van der Waals surface area contributed by atoms with E-state index in [9.17, 15) is 0 Å². The lowest BCUT2D eigenvalue weighted by atomic mass is 9.86. The first-order valence-electron chi connectivity index (χ1n) is 14.9. The Hall–Kier alpha value is -5.46. The van der Waals surface area contributed by atoms with Crippen LogP contribution in [0, 0.1) is 0 Å². The molecule has 0 nitrogen and oxygen atoms in total. The molecule has 0 radical (unpaired) electrons. The maximum atomic E-state index is 4.65. The Kier molecular flexibility index (Phi) is 6.12. The van der Waals surface area contributed by atoms with Gasteiger partial charge in [0.05, 0.1) is 0 Å². The van der Waals surface area contributed by atoms with E-state index in [-0.39, 0.29) is 0 Å². The van der Waals surface area contributed by atoms with Gasteiger partial charge in [-0.25, -0.2) is 0 Å². The molecular weight excluding hydrogens is 516 g/mol. The number of hydrogen-bond donors (Lipinski definition) is 0. The summed E-state index contributed by atoms with van der Waals surface area (Å²) in [5, 5.41) is 12.6. The summed E-state index contributed by atoms with van der Waals surface area (Å²) in [5.74, 6) is 0. The van der Waals surface area contributed by atoms with Crippen LogP contribution >= 0.6 is 0 Å². The molecule has 0 fully saturated rings. The van der Waals surface area contributed by atoms with Gasteiger partial charge in [-0.3, -0.25) is 0 Å². The summed E-state index contributed by atoms with van der Waals surface area (Å²) in [6.45, 7) is 4.65. The lowest BCUT2D eigenvalue weighted by Gasteiger charge is -2.17. The molecule has 0 spiro atoms. The van der Waals surface area contributed by atoms with Crippen molar-refractivity contribution in [3.8, 4) is 0 Å². The number of fused-ring (bicyclic) bond motifs is 7. The van der Waals surface area contributed by atoms with Crippen LogP contribution < -0.4 is 10.4 Å².